The van der Waals surface area contributed by atoms with Gasteiger partial charge in [-0.3, -0.25) is 4.55 Å². The molecular weight excluding hydrogens is 801 g/mol. The van der Waals surface area contributed by atoms with Crippen LogP contribution < -0.4 is 30.2 Å². The van der Waals surface area contributed by atoms with E-state index in [-0.39, 0.29) is 39.4 Å². The van der Waals surface area contributed by atoms with Crippen LogP contribution in [0.25, 0.3) is 34.1 Å². The predicted molar refractivity (Wildman–Crippen MR) is 239 cm³/mol. The smallest absolute Gasteiger partial charge is 0.397 e. The van der Waals surface area contributed by atoms with E-state index in [1.807, 2.05) is 93.5 Å². The van der Waals surface area contributed by atoms with E-state index in [0.29, 0.717) is 39.1 Å². The summed E-state index contributed by atoms with van der Waals surface area (Å²) in [6, 6.07) is 3.21. The molecule has 0 saturated heterocycles. The summed E-state index contributed by atoms with van der Waals surface area (Å²) in [5, 5.41) is 0.615. The lowest BCUT2D eigenvalue weighted by Crippen LogP contribution is -2.33. The fourth-order valence-corrected chi connectivity index (χ4v) is 7.47. The third-order valence-corrected chi connectivity index (χ3v) is 11.7. The highest BCUT2D eigenvalue weighted by Gasteiger charge is 2.40. The van der Waals surface area contributed by atoms with Crippen molar-refractivity contribution >= 4 is 44.5 Å². The molecule has 12 nitrogen and oxygen atoms in total. The molecule has 4 aromatic rings. The Hall–Kier alpha value is -5.63. The van der Waals surface area contributed by atoms with E-state index in [1.165, 1.54) is 19.1 Å². The predicted octanol–water partition coefficient (Wildman–Crippen LogP) is 10.6. The van der Waals surface area contributed by atoms with Crippen LogP contribution in [-0.2, 0) is 30.8 Å². The minimum atomic E-state index is -4.92. The van der Waals surface area contributed by atoms with Crippen molar-refractivity contribution in [3.8, 4) is 28.7 Å². The Morgan fingerprint density at radius 3 is 1.74 bits per heavy atom. The number of hydrogen-bond donors (Lipinski definition) is 1. The van der Waals surface area contributed by atoms with Crippen molar-refractivity contribution in [2.45, 2.75) is 109 Å². The van der Waals surface area contributed by atoms with Crippen LogP contribution in [0, 0.1) is 0 Å². The Balaban J connectivity index is 1.84. The number of ether oxygens (including phenoxy) is 4. The van der Waals surface area contributed by atoms with Gasteiger partial charge in [-0.25, -0.2) is 13.8 Å². The van der Waals surface area contributed by atoms with Crippen molar-refractivity contribution in [2.24, 2.45) is 0 Å². The zero-order chi connectivity index (χ0) is 45.5. The van der Waals surface area contributed by atoms with E-state index in [9.17, 15) is 22.6 Å². The third kappa shape index (κ3) is 8.26. The fourth-order valence-electron chi connectivity index (χ4n) is 7.07. The minimum Gasteiger partial charge on any atom is -0.483 e. The molecule has 2 aliphatic rings. The van der Waals surface area contributed by atoms with Crippen molar-refractivity contribution in [1.29, 1.82) is 0 Å². The van der Waals surface area contributed by atoms with E-state index in [1.54, 1.807) is 24.3 Å². The first-order valence-corrected chi connectivity index (χ1v) is 21.1. The maximum atomic E-state index is 14.2. The molecule has 61 heavy (non-hydrogen) atoms. The van der Waals surface area contributed by atoms with E-state index in [4.69, 9.17) is 32.0 Å². The lowest BCUT2D eigenvalue weighted by molar-refractivity contribution is 0.144. The second-order valence-electron chi connectivity index (χ2n) is 18.5. The first-order chi connectivity index (χ1) is 28.0. The van der Waals surface area contributed by atoms with Crippen LogP contribution in [0.2, 0.25) is 0 Å². The highest BCUT2D eigenvalue weighted by Crippen LogP contribution is 2.56. The van der Waals surface area contributed by atoms with Gasteiger partial charge in [0.25, 0.3) is 0 Å². The van der Waals surface area contributed by atoms with Crippen LogP contribution in [0.1, 0.15) is 104 Å². The van der Waals surface area contributed by atoms with Crippen LogP contribution in [0.15, 0.2) is 93.3 Å². The second-order valence-corrected chi connectivity index (χ2v) is 19.6. The van der Waals surface area contributed by atoms with Gasteiger partial charge >= 0.3 is 21.7 Å². The topological polar surface area (TPSA) is 161 Å². The molecule has 2 aliphatic heterocycles. The monoisotopic (exact) mass is 854 g/mol. The van der Waals surface area contributed by atoms with Gasteiger partial charge in [-0.05, 0) is 91.0 Å². The molecule has 6 rings (SSSR count). The Bertz CT molecular complexity index is 2840. The Morgan fingerprint density at radius 2 is 1.20 bits per heavy atom. The average molecular weight is 855 g/mol. The van der Waals surface area contributed by atoms with Gasteiger partial charge in [0.15, 0.2) is 11.3 Å². The summed E-state index contributed by atoms with van der Waals surface area (Å²) in [4.78, 5) is 28.3. The fraction of sp³-hybridized carbons (Fsp3) is 0.375. The quantitative estimate of drug-likeness (QED) is 0.0727. The van der Waals surface area contributed by atoms with Crippen LogP contribution in [-0.4, -0.2) is 36.4 Å². The van der Waals surface area contributed by atoms with Crippen molar-refractivity contribution < 1.29 is 44.9 Å². The van der Waals surface area contributed by atoms with E-state index in [0.717, 1.165) is 0 Å². The van der Waals surface area contributed by atoms with Crippen LogP contribution in [0.4, 0.5) is 0 Å². The van der Waals surface area contributed by atoms with Crippen molar-refractivity contribution in [3.05, 3.63) is 124 Å². The number of rotatable bonds is 14. The minimum absolute atomic E-state index is 0.00218. The summed E-state index contributed by atoms with van der Waals surface area (Å²) in [7, 11) is -4.92. The van der Waals surface area contributed by atoms with Gasteiger partial charge < -0.3 is 27.8 Å². The Morgan fingerprint density at radius 1 is 0.689 bits per heavy atom. The first-order valence-electron chi connectivity index (χ1n) is 19.7. The van der Waals surface area contributed by atoms with Crippen LogP contribution in [0.3, 0.4) is 0 Å². The maximum Gasteiger partial charge on any atom is 0.397 e. The molecule has 4 heterocycles. The van der Waals surface area contributed by atoms with Crippen LogP contribution >= 0.6 is 0 Å². The standard InChI is InChI=1S/C48H54O12S/c1-16-43(5,6)31-24-30-35(58-45(9,10)18-3)28-21-23-47(13,14)60-39(28)40(38(30)57-41(31)49)55-34-27-20-22-46(11,12)59-37(27)33(44(7,8)17-2)36-29(34)25-32(42(50)56-36)48(15,19-4)26-54-61(51,52)53/h16-25H,1-4,26H2,5-15H3,(H,51,52,53). The van der Waals surface area contributed by atoms with E-state index in [2.05, 4.69) is 26.3 Å². The number of benzene rings is 2. The van der Waals surface area contributed by atoms with Crippen LogP contribution in [0.5, 0.6) is 28.7 Å². The normalized spacial score (nSPS) is 16.7. The first kappa shape index (κ1) is 44.9. The highest BCUT2D eigenvalue weighted by atomic mass is 32.3. The Labute approximate surface area is 356 Å². The zero-order valence-corrected chi connectivity index (χ0v) is 37.5. The summed E-state index contributed by atoms with van der Waals surface area (Å²) >= 11 is 0. The molecule has 0 spiro atoms. The lowest BCUT2D eigenvalue weighted by atomic mass is 9.79. The summed E-state index contributed by atoms with van der Waals surface area (Å²) < 4.78 is 77.6. The van der Waals surface area contributed by atoms with E-state index >= 15 is 0 Å². The summed E-state index contributed by atoms with van der Waals surface area (Å²) in [6.07, 6.45) is 13.7. The molecular formula is C48H54O12S. The van der Waals surface area contributed by atoms with Crippen molar-refractivity contribution in [3.63, 3.8) is 0 Å². The molecule has 0 saturated carbocycles. The van der Waals surface area contributed by atoms with Crippen molar-refractivity contribution in [1.82, 2.24) is 0 Å². The summed E-state index contributed by atoms with van der Waals surface area (Å²) in [6.45, 7) is 35.3. The van der Waals surface area contributed by atoms with Gasteiger partial charge in [-0.1, -0.05) is 52.5 Å². The molecule has 0 bridgehead atoms. The molecule has 0 radical (unpaired) electrons. The lowest BCUT2D eigenvalue weighted by Gasteiger charge is -2.35. The molecule has 2 aromatic heterocycles. The molecule has 1 unspecified atom stereocenters. The second kappa shape index (κ2) is 14.8. The molecule has 13 heteroatoms. The molecule has 0 fully saturated rings. The zero-order valence-electron chi connectivity index (χ0n) is 36.7. The van der Waals surface area contributed by atoms with Crippen molar-refractivity contribution in [2.75, 3.05) is 6.61 Å². The largest absolute Gasteiger partial charge is 0.483 e. The van der Waals surface area contributed by atoms with Gasteiger partial charge in [-0.2, -0.15) is 8.42 Å². The highest BCUT2D eigenvalue weighted by molar-refractivity contribution is 7.80. The maximum absolute atomic E-state index is 14.2. The van der Waals surface area contributed by atoms with E-state index < -0.39 is 61.3 Å². The molecule has 1 N–H and O–H groups in total. The number of hydrogen-bond acceptors (Lipinski definition) is 11. The Kier molecular flexibility index (Phi) is 10.9. The third-order valence-electron chi connectivity index (χ3n) is 11.3. The molecule has 0 amide bonds. The molecule has 1 atom stereocenters. The molecule has 324 valence electrons. The number of fused-ring (bicyclic) bond motifs is 4. The SMILES string of the molecule is C=CC(C)(C)Oc1c2c(c(Oc3c4c(c(C(C)(C)C=C)c5oc(=O)c(C(C)(C=C)COS(=O)(=O)O)cc35)OC(C)(C)C=C4)c3oc(=O)c(C(C)(C)C=C)cc13)OC(C)(C)C=C2. The average Bonchev–Trinajstić information content (AvgIpc) is 3.16. The summed E-state index contributed by atoms with van der Waals surface area (Å²) in [5.74, 6) is 0.957. The van der Waals surface area contributed by atoms with Gasteiger partial charge in [0.2, 0.25) is 5.75 Å². The van der Waals surface area contributed by atoms with Gasteiger partial charge in [-0.15, -0.1) is 19.7 Å². The number of allylic oxidation sites excluding steroid dienone is 2. The van der Waals surface area contributed by atoms with Gasteiger partial charge in [0.1, 0.15) is 39.6 Å². The molecule has 0 aliphatic carbocycles. The van der Waals surface area contributed by atoms with Gasteiger partial charge in [0.05, 0.1) is 34.1 Å². The van der Waals surface area contributed by atoms with Gasteiger partial charge in [0, 0.05) is 27.4 Å². The summed E-state index contributed by atoms with van der Waals surface area (Å²) in [5.41, 5.74) is -5.68. The molecule has 2 aromatic carbocycles.